The molecule has 1 atom stereocenters. The van der Waals surface area contributed by atoms with Gasteiger partial charge in [-0.25, -0.2) is 9.67 Å². The zero-order valence-electron chi connectivity index (χ0n) is 16.9. The van der Waals surface area contributed by atoms with Gasteiger partial charge in [0.1, 0.15) is 5.69 Å². The standard InChI is InChI=1S/C20H29N5O2S/c1-20(2,3)17-7-8-18(26)25(23-17)11-10-24-9-5-4-6-15(24)12-21-19(27)16-13-28-14-22-16/h7-8,13-15H,4-6,9-12H2,1-3H3,(H,21,27). The van der Waals surface area contributed by atoms with Crippen LogP contribution in [0, 0.1) is 0 Å². The van der Waals surface area contributed by atoms with E-state index in [-0.39, 0.29) is 22.9 Å². The van der Waals surface area contributed by atoms with Crippen LogP contribution in [0.2, 0.25) is 0 Å². The third kappa shape index (κ3) is 5.26. The second-order valence-electron chi connectivity index (χ2n) is 8.30. The summed E-state index contributed by atoms with van der Waals surface area (Å²) in [6.07, 6.45) is 3.34. The second kappa shape index (κ2) is 8.96. The van der Waals surface area contributed by atoms with Crippen molar-refractivity contribution < 1.29 is 4.79 Å². The van der Waals surface area contributed by atoms with Gasteiger partial charge in [-0.2, -0.15) is 5.10 Å². The second-order valence-corrected chi connectivity index (χ2v) is 9.02. The number of aromatic nitrogens is 3. The number of hydrogen-bond acceptors (Lipinski definition) is 6. The predicted octanol–water partition coefficient (Wildman–Crippen LogP) is 2.28. The van der Waals surface area contributed by atoms with Crippen LogP contribution in [0.4, 0.5) is 0 Å². The van der Waals surface area contributed by atoms with Crippen LogP contribution in [-0.4, -0.2) is 51.2 Å². The molecule has 2 aromatic rings. The van der Waals surface area contributed by atoms with E-state index in [9.17, 15) is 9.59 Å². The van der Waals surface area contributed by atoms with Crippen LogP contribution in [0.15, 0.2) is 27.8 Å². The van der Waals surface area contributed by atoms with Crippen molar-refractivity contribution in [2.75, 3.05) is 19.6 Å². The Morgan fingerprint density at radius 1 is 1.29 bits per heavy atom. The smallest absolute Gasteiger partial charge is 0.270 e. The molecule has 2 aromatic heterocycles. The van der Waals surface area contributed by atoms with Crippen LogP contribution < -0.4 is 10.9 Å². The average Bonchev–Trinajstić information content (AvgIpc) is 3.20. The third-order valence-electron chi connectivity index (χ3n) is 5.15. The highest BCUT2D eigenvalue weighted by Gasteiger charge is 2.23. The summed E-state index contributed by atoms with van der Waals surface area (Å²) in [5.41, 5.74) is 2.89. The van der Waals surface area contributed by atoms with Crippen molar-refractivity contribution in [2.45, 2.75) is 58.0 Å². The van der Waals surface area contributed by atoms with Gasteiger partial charge in [0.2, 0.25) is 0 Å². The number of amides is 1. The van der Waals surface area contributed by atoms with E-state index in [4.69, 9.17) is 0 Å². The minimum absolute atomic E-state index is 0.0709. The Kier molecular flexibility index (Phi) is 6.61. The molecule has 8 heteroatoms. The van der Waals surface area contributed by atoms with E-state index in [0.29, 0.717) is 18.8 Å². The summed E-state index contributed by atoms with van der Waals surface area (Å²) in [6, 6.07) is 3.70. The zero-order chi connectivity index (χ0) is 20.1. The fourth-order valence-corrected chi connectivity index (χ4v) is 3.98. The van der Waals surface area contributed by atoms with Gasteiger partial charge in [-0.15, -0.1) is 11.3 Å². The van der Waals surface area contributed by atoms with E-state index in [0.717, 1.165) is 38.0 Å². The van der Waals surface area contributed by atoms with Gasteiger partial charge in [-0.3, -0.25) is 14.5 Å². The van der Waals surface area contributed by atoms with Gasteiger partial charge < -0.3 is 5.32 Å². The molecule has 1 aliphatic heterocycles. The minimum atomic E-state index is -0.123. The first-order valence-electron chi connectivity index (χ1n) is 9.83. The summed E-state index contributed by atoms with van der Waals surface area (Å²) < 4.78 is 1.57. The number of nitrogens with one attached hydrogen (secondary N) is 1. The number of piperidine rings is 1. The van der Waals surface area contributed by atoms with E-state index in [2.05, 4.69) is 41.1 Å². The predicted molar refractivity (Wildman–Crippen MR) is 111 cm³/mol. The summed E-state index contributed by atoms with van der Waals surface area (Å²) in [7, 11) is 0. The van der Waals surface area contributed by atoms with E-state index < -0.39 is 0 Å². The number of hydrogen-bond donors (Lipinski definition) is 1. The van der Waals surface area contributed by atoms with Gasteiger partial charge in [0.15, 0.2) is 0 Å². The van der Waals surface area contributed by atoms with E-state index in [1.165, 1.54) is 11.3 Å². The van der Waals surface area contributed by atoms with Crippen molar-refractivity contribution in [3.05, 3.63) is 44.8 Å². The molecular weight excluding hydrogens is 374 g/mol. The normalized spacial score (nSPS) is 18.2. The van der Waals surface area contributed by atoms with Crippen LogP contribution >= 0.6 is 11.3 Å². The van der Waals surface area contributed by atoms with Gasteiger partial charge >= 0.3 is 0 Å². The van der Waals surface area contributed by atoms with E-state index in [1.54, 1.807) is 21.6 Å². The molecule has 0 saturated carbocycles. The molecule has 1 aliphatic rings. The Balaban J connectivity index is 1.60. The average molecular weight is 404 g/mol. The Morgan fingerprint density at radius 2 is 2.11 bits per heavy atom. The van der Waals surface area contributed by atoms with Crippen LogP contribution in [0.25, 0.3) is 0 Å². The third-order valence-corrected chi connectivity index (χ3v) is 5.73. The molecule has 3 rings (SSSR count). The lowest BCUT2D eigenvalue weighted by Crippen LogP contribution is -2.48. The molecule has 7 nitrogen and oxygen atoms in total. The highest BCUT2D eigenvalue weighted by atomic mass is 32.1. The molecular formula is C20H29N5O2S. The largest absolute Gasteiger partial charge is 0.349 e. The van der Waals surface area contributed by atoms with Gasteiger partial charge in [0, 0.05) is 36.0 Å². The number of rotatable bonds is 6. The van der Waals surface area contributed by atoms with Gasteiger partial charge in [-0.1, -0.05) is 27.2 Å². The lowest BCUT2D eigenvalue weighted by Gasteiger charge is -2.35. The summed E-state index contributed by atoms with van der Waals surface area (Å²) >= 11 is 1.42. The van der Waals surface area contributed by atoms with Crippen LogP contribution in [0.5, 0.6) is 0 Å². The quantitative estimate of drug-likeness (QED) is 0.800. The van der Waals surface area contributed by atoms with Crippen molar-refractivity contribution >= 4 is 17.2 Å². The van der Waals surface area contributed by atoms with Crippen molar-refractivity contribution in [2.24, 2.45) is 0 Å². The molecule has 0 bridgehead atoms. The van der Waals surface area contributed by atoms with Crippen LogP contribution in [0.1, 0.15) is 56.2 Å². The molecule has 3 heterocycles. The zero-order valence-corrected chi connectivity index (χ0v) is 17.7. The first-order valence-corrected chi connectivity index (χ1v) is 10.8. The molecule has 0 spiro atoms. The topological polar surface area (TPSA) is 80.1 Å². The Hall–Kier alpha value is -2.06. The van der Waals surface area contributed by atoms with Crippen molar-refractivity contribution in [3.8, 4) is 0 Å². The lowest BCUT2D eigenvalue weighted by molar-refractivity contribution is 0.0905. The van der Waals surface area contributed by atoms with Gasteiger partial charge in [0.05, 0.1) is 17.7 Å². The van der Waals surface area contributed by atoms with E-state index >= 15 is 0 Å². The molecule has 0 aliphatic carbocycles. The Bertz CT molecular complexity index is 841. The number of thiazole rings is 1. The highest BCUT2D eigenvalue weighted by Crippen LogP contribution is 2.19. The molecule has 152 valence electrons. The maximum atomic E-state index is 12.2. The molecule has 1 saturated heterocycles. The number of carbonyl (C=O) groups is 1. The fourth-order valence-electron chi connectivity index (χ4n) is 3.44. The lowest BCUT2D eigenvalue weighted by atomic mass is 9.92. The molecule has 28 heavy (non-hydrogen) atoms. The first kappa shape index (κ1) is 20.7. The summed E-state index contributed by atoms with van der Waals surface area (Å²) in [5.74, 6) is -0.123. The summed E-state index contributed by atoms with van der Waals surface area (Å²) in [4.78, 5) is 30.8. The first-order chi connectivity index (χ1) is 13.3. The van der Waals surface area contributed by atoms with Crippen molar-refractivity contribution in [1.29, 1.82) is 0 Å². The number of likely N-dealkylation sites (tertiary alicyclic amines) is 1. The highest BCUT2D eigenvalue weighted by molar-refractivity contribution is 7.07. The maximum Gasteiger partial charge on any atom is 0.270 e. The van der Waals surface area contributed by atoms with Crippen molar-refractivity contribution in [3.63, 3.8) is 0 Å². The molecule has 0 aromatic carbocycles. The Labute approximate surface area is 169 Å². The van der Waals surface area contributed by atoms with Crippen LogP contribution in [0.3, 0.4) is 0 Å². The van der Waals surface area contributed by atoms with Crippen molar-refractivity contribution in [1.82, 2.24) is 25.0 Å². The molecule has 1 fully saturated rings. The summed E-state index contributed by atoms with van der Waals surface area (Å²) in [6.45, 7) is 9.16. The molecule has 1 unspecified atom stereocenters. The minimum Gasteiger partial charge on any atom is -0.349 e. The number of carbonyl (C=O) groups excluding carboxylic acids is 1. The van der Waals surface area contributed by atoms with E-state index in [1.807, 2.05) is 6.07 Å². The SMILES string of the molecule is CC(C)(C)c1ccc(=O)n(CCN2CCCCC2CNC(=O)c2cscn2)n1. The van der Waals surface area contributed by atoms with Crippen LogP contribution in [-0.2, 0) is 12.0 Å². The Morgan fingerprint density at radius 3 is 2.82 bits per heavy atom. The summed E-state index contributed by atoms with van der Waals surface area (Å²) in [5, 5.41) is 9.32. The maximum absolute atomic E-state index is 12.2. The molecule has 0 radical (unpaired) electrons. The molecule has 1 amide bonds. The van der Waals surface area contributed by atoms with Gasteiger partial charge in [-0.05, 0) is 25.5 Å². The van der Waals surface area contributed by atoms with Gasteiger partial charge in [0.25, 0.3) is 11.5 Å². The monoisotopic (exact) mass is 403 g/mol. The molecule has 1 N–H and O–H groups in total. The number of nitrogens with zero attached hydrogens (tertiary/aromatic N) is 4. The fraction of sp³-hybridized carbons (Fsp3) is 0.600.